The number of amides is 3. The van der Waals surface area contributed by atoms with E-state index in [2.05, 4.69) is 9.97 Å². The molecule has 1 aliphatic heterocycles. The topological polar surface area (TPSA) is 125 Å². The average Bonchev–Trinajstić information content (AvgIpc) is 3.49. The summed E-state index contributed by atoms with van der Waals surface area (Å²) in [5.74, 6) is -1.42. The second-order valence-corrected chi connectivity index (χ2v) is 7.08. The van der Waals surface area contributed by atoms with Crippen molar-refractivity contribution in [2.45, 2.75) is 32.2 Å². The van der Waals surface area contributed by atoms with Gasteiger partial charge in [0, 0.05) is 25.2 Å². The molecule has 10 nitrogen and oxygen atoms in total. The number of nitrogens with zero attached hydrogens (tertiary/aromatic N) is 4. The van der Waals surface area contributed by atoms with Crippen molar-refractivity contribution in [3.05, 3.63) is 38.2 Å². The van der Waals surface area contributed by atoms with E-state index in [1.165, 1.54) is 11.6 Å². The fraction of sp³-hybridized carbons (Fsp3) is 0.444. The number of imide groups is 1. The second kappa shape index (κ2) is 6.39. The molecule has 0 spiro atoms. The van der Waals surface area contributed by atoms with Crippen LogP contribution in [0.3, 0.4) is 0 Å². The van der Waals surface area contributed by atoms with Gasteiger partial charge in [-0.15, -0.1) is 0 Å². The standard InChI is InChI=1S/C18H19N5O5/c1-3-23-15-14(16(26)20-18(23)28)10(6-11(19-15)9-4-5-9)17(27)22-7-12(24)21(2)13(25)8-22/h6,9H,3-5,7-8H2,1-2H3,(H,20,26,28). The first kappa shape index (κ1) is 18.1. The summed E-state index contributed by atoms with van der Waals surface area (Å²) in [5.41, 5.74) is -0.468. The summed E-state index contributed by atoms with van der Waals surface area (Å²) in [6.07, 6.45) is 1.83. The Balaban J connectivity index is 1.92. The van der Waals surface area contributed by atoms with Gasteiger partial charge in [-0.2, -0.15) is 0 Å². The lowest BCUT2D eigenvalue weighted by Gasteiger charge is -2.30. The van der Waals surface area contributed by atoms with Crippen LogP contribution in [0.2, 0.25) is 0 Å². The minimum absolute atomic E-state index is 0.00493. The minimum atomic E-state index is -0.713. The fourth-order valence-electron chi connectivity index (χ4n) is 3.39. The Kier molecular flexibility index (Phi) is 4.13. The number of aryl methyl sites for hydroxylation is 1. The molecule has 2 aromatic rings. The van der Waals surface area contributed by atoms with Crippen LogP contribution in [0.25, 0.3) is 11.0 Å². The number of hydrogen-bond donors (Lipinski definition) is 1. The molecule has 146 valence electrons. The van der Waals surface area contributed by atoms with Crippen molar-refractivity contribution in [3.8, 4) is 0 Å². The molecular weight excluding hydrogens is 366 g/mol. The van der Waals surface area contributed by atoms with Crippen LogP contribution >= 0.6 is 0 Å². The zero-order valence-corrected chi connectivity index (χ0v) is 15.5. The molecule has 1 saturated heterocycles. The first-order valence-corrected chi connectivity index (χ1v) is 9.08. The van der Waals surface area contributed by atoms with E-state index in [0.29, 0.717) is 5.69 Å². The molecule has 1 aliphatic carbocycles. The van der Waals surface area contributed by atoms with Crippen LogP contribution in [0.4, 0.5) is 0 Å². The lowest BCUT2D eigenvalue weighted by molar-refractivity contribution is -0.148. The van der Waals surface area contributed by atoms with Crippen LogP contribution in [0.1, 0.15) is 41.7 Å². The van der Waals surface area contributed by atoms with Crippen molar-refractivity contribution in [2.75, 3.05) is 20.1 Å². The van der Waals surface area contributed by atoms with E-state index in [-0.39, 0.29) is 42.1 Å². The lowest BCUT2D eigenvalue weighted by Crippen LogP contribution is -2.54. The van der Waals surface area contributed by atoms with Crippen LogP contribution in [0, 0.1) is 0 Å². The highest BCUT2D eigenvalue weighted by atomic mass is 16.2. The summed E-state index contributed by atoms with van der Waals surface area (Å²) in [6.45, 7) is 1.50. The number of piperazine rings is 1. The minimum Gasteiger partial charge on any atom is -0.320 e. The molecule has 0 unspecified atom stereocenters. The number of carbonyl (C=O) groups excluding carboxylic acids is 3. The zero-order chi connectivity index (χ0) is 20.2. The van der Waals surface area contributed by atoms with E-state index < -0.39 is 29.0 Å². The summed E-state index contributed by atoms with van der Waals surface area (Å²) < 4.78 is 1.31. The number of carbonyl (C=O) groups is 3. The molecule has 0 radical (unpaired) electrons. The monoisotopic (exact) mass is 385 g/mol. The molecule has 1 N–H and O–H groups in total. The predicted octanol–water partition coefficient (Wildman–Crippen LogP) is -0.577. The van der Waals surface area contributed by atoms with Gasteiger partial charge in [0.2, 0.25) is 11.8 Å². The molecular formula is C18H19N5O5. The summed E-state index contributed by atoms with van der Waals surface area (Å²) in [5, 5.41) is -0.00493. The Bertz CT molecular complexity index is 1130. The van der Waals surface area contributed by atoms with Gasteiger partial charge in [-0.05, 0) is 25.8 Å². The van der Waals surface area contributed by atoms with Crippen LogP contribution < -0.4 is 11.2 Å². The highest BCUT2D eigenvalue weighted by Crippen LogP contribution is 2.40. The first-order valence-electron chi connectivity index (χ1n) is 9.08. The maximum Gasteiger partial charge on any atom is 0.329 e. The number of fused-ring (bicyclic) bond motifs is 1. The van der Waals surface area contributed by atoms with Crippen molar-refractivity contribution in [2.24, 2.45) is 0 Å². The fourth-order valence-corrected chi connectivity index (χ4v) is 3.39. The normalized spacial score (nSPS) is 17.5. The summed E-state index contributed by atoms with van der Waals surface area (Å²) in [6, 6.07) is 1.55. The molecule has 2 aromatic heterocycles. The highest BCUT2D eigenvalue weighted by molar-refractivity contribution is 6.10. The SMILES string of the molecule is CCn1c(=O)[nH]c(=O)c2c(C(=O)N3CC(=O)N(C)C(=O)C3)cc(C3CC3)nc21. The Morgan fingerprint density at radius 2 is 1.82 bits per heavy atom. The van der Waals surface area contributed by atoms with E-state index >= 15 is 0 Å². The summed E-state index contributed by atoms with van der Waals surface area (Å²) in [4.78, 5) is 70.7. The molecule has 2 fully saturated rings. The van der Waals surface area contributed by atoms with Gasteiger partial charge in [0.15, 0.2) is 5.65 Å². The molecule has 2 aliphatic rings. The third-order valence-electron chi connectivity index (χ3n) is 5.20. The third kappa shape index (κ3) is 2.81. The molecule has 0 aromatic carbocycles. The second-order valence-electron chi connectivity index (χ2n) is 7.08. The maximum absolute atomic E-state index is 13.2. The van der Waals surface area contributed by atoms with E-state index in [1.54, 1.807) is 13.0 Å². The predicted molar refractivity (Wildman–Crippen MR) is 98.0 cm³/mol. The van der Waals surface area contributed by atoms with Gasteiger partial charge in [-0.3, -0.25) is 33.6 Å². The molecule has 10 heteroatoms. The number of aromatic nitrogens is 3. The first-order chi connectivity index (χ1) is 13.3. The molecule has 0 atom stereocenters. The largest absolute Gasteiger partial charge is 0.329 e. The van der Waals surface area contributed by atoms with Gasteiger partial charge in [-0.25, -0.2) is 9.78 Å². The summed E-state index contributed by atoms with van der Waals surface area (Å²) >= 11 is 0. The molecule has 1 saturated carbocycles. The number of hydrogen-bond acceptors (Lipinski definition) is 6. The molecule has 3 heterocycles. The van der Waals surface area contributed by atoms with E-state index in [0.717, 1.165) is 22.6 Å². The number of pyridine rings is 1. The third-order valence-corrected chi connectivity index (χ3v) is 5.20. The molecule has 3 amide bonds. The number of H-pyrrole nitrogens is 1. The smallest absolute Gasteiger partial charge is 0.320 e. The van der Waals surface area contributed by atoms with Crippen LogP contribution in [0.5, 0.6) is 0 Å². The Labute approximate surface area is 158 Å². The Morgan fingerprint density at radius 1 is 1.18 bits per heavy atom. The number of likely N-dealkylation sites (N-methyl/N-ethyl adjacent to an activating group) is 1. The van der Waals surface area contributed by atoms with Gasteiger partial charge in [0.25, 0.3) is 11.5 Å². The van der Waals surface area contributed by atoms with E-state index in [1.807, 2.05) is 0 Å². The van der Waals surface area contributed by atoms with Gasteiger partial charge in [0.05, 0.1) is 10.9 Å². The van der Waals surface area contributed by atoms with Gasteiger partial charge in [-0.1, -0.05) is 0 Å². The van der Waals surface area contributed by atoms with Crippen molar-refractivity contribution in [1.29, 1.82) is 0 Å². The van der Waals surface area contributed by atoms with Gasteiger partial charge in [0.1, 0.15) is 13.1 Å². The molecule has 28 heavy (non-hydrogen) atoms. The van der Waals surface area contributed by atoms with Crippen molar-refractivity contribution < 1.29 is 14.4 Å². The zero-order valence-electron chi connectivity index (χ0n) is 15.5. The van der Waals surface area contributed by atoms with Crippen LogP contribution in [0.15, 0.2) is 15.7 Å². The number of rotatable bonds is 3. The van der Waals surface area contributed by atoms with Crippen LogP contribution in [-0.2, 0) is 16.1 Å². The van der Waals surface area contributed by atoms with Crippen molar-refractivity contribution in [1.82, 2.24) is 24.3 Å². The van der Waals surface area contributed by atoms with Gasteiger partial charge >= 0.3 is 5.69 Å². The van der Waals surface area contributed by atoms with E-state index in [9.17, 15) is 24.0 Å². The van der Waals surface area contributed by atoms with Gasteiger partial charge < -0.3 is 4.90 Å². The number of aromatic amines is 1. The average molecular weight is 385 g/mol. The number of nitrogens with one attached hydrogen (secondary N) is 1. The lowest BCUT2D eigenvalue weighted by atomic mass is 10.1. The van der Waals surface area contributed by atoms with Crippen molar-refractivity contribution >= 4 is 28.8 Å². The quantitative estimate of drug-likeness (QED) is 0.705. The highest BCUT2D eigenvalue weighted by Gasteiger charge is 2.34. The molecule has 0 bridgehead atoms. The maximum atomic E-state index is 13.2. The van der Waals surface area contributed by atoms with E-state index in [4.69, 9.17) is 0 Å². The van der Waals surface area contributed by atoms with Crippen LogP contribution in [-0.4, -0.2) is 62.2 Å². The Morgan fingerprint density at radius 3 is 2.39 bits per heavy atom. The Hall–Kier alpha value is -3.30. The van der Waals surface area contributed by atoms with Crippen molar-refractivity contribution in [3.63, 3.8) is 0 Å². The molecule has 4 rings (SSSR count). The summed E-state index contributed by atoms with van der Waals surface area (Å²) in [7, 11) is 1.37.